The first-order chi connectivity index (χ1) is 17.2. The monoisotopic (exact) mass is 476 g/mol. The Kier molecular flexibility index (Phi) is 8.53. The largest absolute Gasteiger partial charge is 0.493 e. The zero-order chi connectivity index (χ0) is 24.5. The van der Waals surface area contributed by atoms with Crippen LogP contribution in [0.1, 0.15) is 24.1 Å². The van der Waals surface area contributed by atoms with Crippen molar-refractivity contribution >= 4 is 12.0 Å². The molecule has 1 aromatic heterocycles. The Morgan fingerprint density at radius 3 is 2.71 bits per heavy atom. The van der Waals surface area contributed by atoms with Gasteiger partial charge in [-0.25, -0.2) is 4.68 Å². The molecule has 8 nitrogen and oxygen atoms in total. The van der Waals surface area contributed by atoms with Gasteiger partial charge in [0.1, 0.15) is 0 Å². The van der Waals surface area contributed by atoms with Gasteiger partial charge >= 0.3 is 0 Å². The van der Waals surface area contributed by atoms with Gasteiger partial charge in [-0.15, -0.1) is 0 Å². The third-order valence-electron chi connectivity index (χ3n) is 5.88. The molecule has 1 fully saturated rings. The number of aromatic nitrogens is 2. The zero-order valence-electron chi connectivity index (χ0n) is 20.2. The maximum absolute atomic E-state index is 12.7. The molecular weight excluding hydrogens is 444 g/mol. The Labute approximate surface area is 206 Å². The first kappa shape index (κ1) is 24.5. The highest BCUT2D eigenvalue weighted by Gasteiger charge is 2.24. The van der Waals surface area contributed by atoms with Gasteiger partial charge in [-0.05, 0) is 42.8 Å². The molecule has 1 aliphatic heterocycles. The predicted molar refractivity (Wildman–Crippen MR) is 135 cm³/mol. The summed E-state index contributed by atoms with van der Waals surface area (Å²) in [4.78, 5) is 15.0. The molecule has 1 saturated heterocycles. The van der Waals surface area contributed by atoms with E-state index < -0.39 is 0 Å². The van der Waals surface area contributed by atoms with Crippen LogP contribution in [0, 0.1) is 0 Å². The number of benzene rings is 2. The summed E-state index contributed by atoms with van der Waals surface area (Å²) in [6.07, 6.45) is 6.94. The predicted octanol–water partition coefficient (Wildman–Crippen LogP) is 3.48. The molecule has 0 saturated carbocycles. The Hall–Kier alpha value is -3.62. The van der Waals surface area contributed by atoms with E-state index in [4.69, 9.17) is 14.2 Å². The standard InChI is InChI=1S/C27H32N4O4/c1-3-35-25-11-10-22(17-26(25)33-2)24(30-13-15-34-16-14-30)19-28-27(32)12-9-21-18-29-31(20-21)23-7-5-4-6-8-23/h4-12,17-18,20,24H,3,13-16,19H2,1-2H3,(H,28,32)/b12-9+. The van der Waals surface area contributed by atoms with Gasteiger partial charge in [-0.3, -0.25) is 9.69 Å². The molecule has 2 aromatic carbocycles. The summed E-state index contributed by atoms with van der Waals surface area (Å²) in [6, 6.07) is 15.8. The molecule has 0 spiro atoms. The molecule has 35 heavy (non-hydrogen) atoms. The molecule has 8 heteroatoms. The number of morpholine rings is 1. The highest BCUT2D eigenvalue weighted by molar-refractivity contribution is 5.91. The van der Waals surface area contributed by atoms with Gasteiger partial charge in [0.2, 0.25) is 5.91 Å². The number of hydrogen-bond acceptors (Lipinski definition) is 6. The first-order valence-electron chi connectivity index (χ1n) is 11.9. The number of ether oxygens (including phenoxy) is 3. The topological polar surface area (TPSA) is 77.9 Å². The summed E-state index contributed by atoms with van der Waals surface area (Å²) in [7, 11) is 1.64. The van der Waals surface area contributed by atoms with Crippen LogP contribution in [-0.2, 0) is 9.53 Å². The summed E-state index contributed by atoms with van der Waals surface area (Å²) in [5.41, 5.74) is 2.88. The first-order valence-corrected chi connectivity index (χ1v) is 11.9. The number of rotatable bonds is 10. The summed E-state index contributed by atoms with van der Waals surface area (Å²) >= 11 is 0. The van der Waals surface area contributed by atoms with Gasteiger partial charge in [0.25, 0.3) is 0 Å². The van der Waals surface area contributed by atoms with Crippen LogP contribution in [0.5, 0.6) is 11.5 Å². The number of nitrogens with zero attached hydrogens (tertiary/aromatic N) is 3. The highest BCUT2D eigenvalue weighted by Crippen LogP contribution is 2.32. The highest BCUT2D eigenvalue weighted by atomic mass is 16.5. The number of carbonyl (C=O) groups excluding carboxylic acids is 1. The summed E-state index contributed by atoms with van der Waals surface area (Å²) in [5.74, 6) is 1.24. The maximum atomic E-state index is 12.7. The average Bonchev–Trinajstić information content (AvgIpc) is 3.39. The molecule has 1 N–H and O–H groups in total. The van der Waals surface area contributed by atoms with Crippen molar-refractivity contribution < 1.29 is 19.0 Å². The number of para-hydroxylation sites is 1. The molecule has 2 heterocycles. The van der Waals surface area contributed by atoms with E-state index in [2.05, 4.69) is 15.3 Å². The van der Waals surface area contributed by atoms with E-state index in [0.29, 0.717) is 37.9 Å². The molecule has 3 aromatic rings. The minimum atomic E-state index is -0.159. The number of amides is 1. The fourth-order valence-electron chi connectivity index (χ4n) is 4.09. The second-order valence-electron chi connectivity index (χ2n) is 8.14. The second-order valence-corrected chi connectivity index (χ2v) is 8.14. The van der Waals surface area contributed by atoms with Gasteiger partial charge in [0.15, 0.2) is 11.5 Å². The molecule has 1 amide bonds. The fourth-order valence-corrected chi connectivity index (χ4v) is 4.09. The number of methoxy groups -OCH3 is 1. The molecule has 4 rings (SSSR count). The van der Waals surface area contributed by atoms with Crippen LogP contribution in [0.2, 0.25) is 0 Å². The molecule has 0 aliphatic carbocycles. The van der Waals surface area contributed by atoms with Crippen molar-refractivity contribution in [3.05, 3.63) is 78.1 Å². The van der Waals surface area contributed by atoms with Gasteiger partial charge in [-0.1, -0.05) is 24.3 Å². The summed E-state index contributed by atoms with van der Waals surface area (Å²) in [6.45, 7) is 5.90. The van der Waals surface area contributed by atoms with E-state index >= 15 is 0 Å². The summed E-state index contributed by atoms with van der Waals surface area (Å²) < 4.78 is 18.5. The molecule has 1 atom stereocenters. The zero-order valence-corrected chi connectivity index (χ0v) is 20.2. The SMILES string of the molecule is CCOc1ccc(C(CNC(=O)/C=C/c2cnn(-c3ccccc3)c2)N2CCOCC2)cc1OC. The molecule has 1 aliphatic rings. The van der Waals surface area contributed by atoms with Crippen molar-refractivity contribution in [2.24, 2.45) is 0 Å². The third kappa shape index (κ3) is 6.49. The lowest BCUT2D eigenvalue weighted by atomic mass is 10.0. The van der Waals surface area contributed by atoms with Gasteiger partial charge in [0, 0.05) is 37.5 Å². The van der Waals surface area contributed by atoms with Crippen molar-refractivity contribution in [1.82, 2.24) is 20.0 Å². The number of hydrogen-bond donors (Lipinski definition) is 1. The van der Waals surface area contributed by atoms with E-state index in [-0.39, 0.29) is 11.9 Å². The fraction of sp³-hybridized carbons (Fsp3) is 0.333. The van der Waals surface area contributed by atoms with Gasteiger partial charge in [0.05, 0.1) is 44.9 Å². The van der Waals surface area contributed by atoms with Crippen molar-refractivity contribution in [3.8, 4) is 17.2 Å². The van der Waals surface area contributed by atoms with Gasteiger partial charge < -0.3 is 19.5 Å². The van der Waals surface area contributed by atoms with E-state index in [1.807, 2.05) is 61.7 Å². The van der Waals surface area contributed by atoms with Gasteiger partial charge in [-0.2, -0.15) is 5.10 Å². The molecular formula is C27H32N4O4. The van der Waals surface area contributed by atoms with E-state index in [9.17, 15) is 4.79 Å². The lowest BCUT2D eigenvalue weighted by Crippen LogP contribution is -2.43. The molecule has 184 valence electrons. The van der Waals surface area contributed by atoms with Crippen LogP contribution in [0.3, 0.4) is 0 Å². The van der Waals surface area contributed by atoms with E-state index in [0.717, 1.165) is 29.9 Å². The Bertz CT molecular complexity index is 1120. The normalized spacial score (nSPS) is 15.1. The van der Waals surface area contributed by atoms with Crippen LogP contribution in [0.15, 0.2) is 67.0 Å². The summed E-state index contributed by atoms with van der Waals surface area (Å²) in [5, 5.41) is 7.43. The lowest BCUT2D eigenvalue weighted by Gasteiger charge is -2.35. The average molecular weight is 477 g/mol. The number of nitrogens with one attached hydrogen (secondary N) is 1. The second kappa shape index (κ2) is 12.2. The minimum Gasteiger partial charge on any atom is -0.493 e. The smallest absolute Gasteiger partial charge is 0.244 e. The van der Waals surface area contributed by atoms with E-state index in [1.165, 1.54) is 0 Å². The third-order valence-corrected chi connectivity index (χ3v) is 5.88. The Morgan fingerprint density at radius 1 is 1.17 bits per heavy atom. The van der Waals surface area contributed by atoms with Crippen molar-refractivity contribution in [2.45, 2.75) is 13.0 Å². The van der Waals surface area contributed by atoms with Crippen LogP contribution >= 0.6 is 0 Å². The molecule has 1 unspecified atom stereocenters. The van der Waals surface area contributed by atoms with Crippen LogP contribution in [-0.4, -0.2) is 67.2 Å². The van der Waals surface area contributed by atoms with Crippen LogP contribution < -0.4 is 14.8 Å². The molecule has 0 radical (unpaired) electrons. The quantitative estimate of drug-likeness (QED) is 0.452. The van der Waals surface area contributed by atoms with Crippen molar-refractivity contribution in [3.63, 3.8) is 0 Å². The van der Waals surface area contributed by atoms with E-state index in [1.54, 1.807) is 30.1 Å². The van der Waals surface area contributed by atoms with Crippen molar-refractivity contribution in [1.29, 1.82) is 0 Å². The minimum absolute atomic E-state index is 0.0124. The molecule has 0 bridgehead atoms. The number of carbonyl (C=O) groups is 1. The Morgan fingerprint density at radius 2 is 1.97 bits per heavy atom. The lowest BCUT2D eigenvalue weighted by molar-refractivity contribution is -0.116. The Balaban J connectivity index is 1.43. The van der Waals surface area contributed by atoms with Crippen molar-refractivity contribution in [2.75, 3.05) is 46.6 Å². The van der Waals surface area contributed by atoms with Crippen LogP contribution in [0.4, 0.5) is 0 Å². The van der Waals surface area contributed by atoms with Crippen LogP contribution in [0.25, 0.3) is 11.8 Å². The maximum Gasteiger partial charge on any atom is 0.244 e.